The average Bonchev–Trinajstić information content (AvgIpc) is 3.17. The zero-order chi connectivity index (χ0) is 30.9. The van der Waals surface area contributed by atoms with Crippen LogP contribution in [0.5, 0.6) is 0 Å². The van der Waals surface area contributed by atoms with Gasteiger partial charge in [0.2, 0.25) is 18.0 Å². The van der Waals surface area contributed by atoms with Crippen LogP contribution in [0.2, 0.25) is 0 Å². The van der Waals surface area contributed by atoms with E-state index in [1.165, 1.54) is 25.1 Å². The SMILES string of the molecule is CC(=O)NC(=Cc1ccc(C(F)C(=O)O)c(C=O)c1)C(=O)N[C@H]1CCCCN(Cc2ccc(-c3ccccc3)cc2)C1=O. The third-order valence-corrected chi connectivity index (χ3v) is 7.11. The van der Waals surface area contributed by atoms with Gasteiger partial charge in [0, 0.05) is 31.1 Å². The summed E-state index contributed by atoms with van der Waals surface area (Å²) in [6.07, 6.45) is 1.07. The van der Waals surface area contributed by atoms with Crippen LogP contribution in [0.4, 0.5) is 4.39 Å². The molecule has 0 aliphatic carbocycles. The van der Waals surface area contributed by atoms with Crippen molar-refractivity contribution in [3.05, 3.63) is 101 Å². The first kappa shape index (κ1) is 30.8. The summed E-state index contributed by atoms with van der Waals surface area (Å²) < 4.78 is 14.1. The summed E-state index contributed by atoms with van der Waals surface area (Å²) in [5.41, 5.74) is 2.63. The number of benzene rings is 3. The molecule has 0 saturated carbocycles. The number of aliphatic carboxylic acids is 1. The molecule has 1 aliphatic heterocycles. The van der Waals surface area contributed by atoms with E-state index in [0.29, 0.717) is 32.2 Å². The Kier molecular flexibility index (Phi) is 10.2. The number of amides is 3. The summed E-state index contributed by atoms with van der Waals surface area (Å²) in [4.78, 5) is 62.9. The smallest absolute Gasteiger partial charge is 0.343 e. The second kappa shape index (κ2) is 14.2. The summed E-state index contributed by atoms with van der Waals surface area (Å²) in [6, 6.07) is 20.8. The van der Waals surface area contributed by atoms with Gasteiger partial charge in [-0.05, 0) is 53.7 Å². The van der Waals surface area contributed by atoms with E-state index in [-0.39, 0.29) is 28.3 Å². The lowest BCUT2D eigenvalue weighted by Gasteiger charge is -2.25. The van der Waals surface area contributed by atoms with Gasteiger partial charge in [-0.2, -0.15) is 0 Å². The molecule has 0 bridgehead atoms. The lowest BCUT2D eigenvalue weighted by molar-refractivity contribution is -0.143. The highest BCUT2D eigenvalue weighted by atomic mass is 19.1. The van der Waals surface area contributed by atoms with Crippen molar-refractivity contribution in [3.63, 3.8) is 0 Å². The fourth-order valence-electron chi connectivity index (χ4n) is 4.95. The number of carbonyl (C=O) groups excluding carboxylic acids is 4. The minimum atomic E-state index is -2.40. The molecule has 0 spiro atoms. The molecule has 2 atom stereocenters. The molecule has 1 saturated heterocycles. The predicted molar refractivity (Wildman–Crippen MR) is 158 cm³/mol. The van der Waals surface area contributed by atoms with Gasteiger partial charge in [-0.1, -0.05) is 66.7 Å². The average molecular weight is 586 g/mol. The van der Waals surface area contributed by atoms with Gasteiger partial charge in [0.15, 0.2) is 0 Å². The van der Waals surface area contributed by atoms with Crippen molar-refractivity contribution in [2.24, 2.45) is 0 Å². The number of hydrogen-bond acceptors (Lipinski definition) is 5. The van der Waals surface area contributed by atoms with Crippen LogP contribution in [0.25, 0.3) is 17.2 Å². The van der Waals surface area contributed by atoms with Gasteiger partial charge in [-0.25, -0.2) is 9.18 Å². The largest absolute Gasteiger partial charge is 0.479 e. The molecular weight excluding hydrogens is 553 g/mol. The summed E-state index contributed by atoms with van der Waals surface area (Å²) in [6.45, 7) is 2.12. The van der Waals surface area contributed by atoms with Crippen LogP contribution in [0, 0.1) is 0 Å². The van der Waals surface area contributed by atoms with Crippen molar-refractivity contribution < 1.29 is 33.5 Å². The number of alkyl halides is 1. The standard InChI is InChI=1S/C33H32FN3O6/c1-21(39)35-29(18-23-12-15-27(26(17-23)20-38)30(34)33(42)43)31(40)36-28-9-5-6-16-37(32(28)41)19-22-10-13-25(14-11-22)24-7-3-2-4-8-24/h2-4,7-8,10-15,17-18,20,28,30H,5-6,9,16,19H2,1H3,(H,35,39)(H,36,40)(H,42,43)/t28-,30?/m0/s1. The maximum Gasteiger partial charge on any atom is 0.343 e. The van der Waals surface area contributed by atoms with Crippen molar-refractivity contribution in [2.75, 3.05) is 6.54 Å². The number of carboxylic acids is 1. The molecule has 9 nitrogen and oxygen atoms in total. The van der Waals surface area contributed by atoms with Crippen LogP contribution >= 0.6 is 0 Å². The number of carbonyl (C=O) groups is 5. The highest BCUT2D eigenvalue weighted by Gasteiger charge is 2.29. The Morgan fingerprint density at radius 3 is 2.37 bits per heavy atom. The number of rotatable bonds is 10. The van der Waals surface area contributed by atoms with Gasteiger partial charge in [-0.3, -0.25) is 19.2 Å². The Morgan fingerprint density at radius 2 is 1.72 bits per heavy atom. The zero-order valence-electron chi connectivity index (χ0n) is 23.6. The Morgan fingerprint density at radius 1 is 1.02 bits per heavy atom. The Balaban J connectivity index is 1.50. The molecule has 1 unspecified atom stereocenters. The molecule has 10 heteroatoms. The van der Waals surface area contributed by atoms with E-state index < -0.39 is 30.0 Å². The lowest BCUT2D eigenvalue weighted by atomic mass is 10.0. The normalized spacial score (nSPS) is 16.1. The molecule has 0 aromatic heterocycles. The van der Waals surface area contributed by atoms with Crippen molar-refractivity contribution >= 4 is 36.1 Å². The second-order valence-corrected chi connectivity index (χ2v) is 10.3. The first-order chi connectivity index (χ1) is 20.7. The van der Waals surface area contributed by atoms with Gasteiger partial charge in [-0.15, -0.1) is 0 Å². The van der Waals surface area contributed by atoms with Crippen molar-refractivity contribution in [1.29, 1.82) is 0 Å². The van der Waals surface area contributed by atoms with Crippen molar-refractivity contribution in [2.45, 2.75) is 44.9 Å². The minimum Gasteiger partial charge on any atom is -0.479 e. The molecule has 222 valence electrons. The van der Waals surface area contributed by atoms with Crippen LogP contribution in [0.1, 0.15) is 59.4 Å². The van der Waals surface area contributed by atoms with Crippen molar-refractivity contribution in [1.82, 2.24) is 15.5 Å². The molecule has 1 heterocycles. The molecule has 3 N–H and O–H groups in total. The molecule has 4 rings (SSSR count). The fraction of sp³-hybridized carbons (Fsp3) is 0.242. The number of nitrogens with one attached hydrogen (secondary N) is 2. The Labute approximate surface area is 248 Å². The van der Waals surface area contributed by atoms with Gasteiger partial charge >= 0.3 is 5.97 Å². The Bertz CT molecular complexity index is 1540. The van der Waals surface area contributed by atoms with Gasteiger partial charge in [0.05, 0.1) is 0 Å². The number of halogens is 1. The first-order valence-electron chi connectivity index (χ1n) is 13.9. The number of carboxylic acid groups (broad SMARTS) is 1. The first-order valence-corrected chi connectivity index (χ1v) is 13.9. The number of aldehydes is 1. The summed E-state index contributed by atoms with van der Waals surface area (Å²) in [7, 11) is 0. The number of nitrogens with zero attached hydrogens (tertiary/aromatic N) is 1. The molecular formula is C33H32FN3O6. The van der Waals surface area contributed by atoms with E-state index in [9.17, 15) is 28.4 Å². The lowest BCUT2D eigenvalue weighted by Crippen LogP contribution is -2.48. The number of hydrogen-bond donors (Lipinski definition) is 3. The van der Waals surface area contributed by atoms with Crippen LogP contribution in [-0.2, 0) is 25.7 Å². The van der Waals surface area contributed by atoms with Gasteiger partial charge in [0.25, 0.3) is 5.91 Å². The topological polar surface area (TPSA) is 133 Å². The zero-order valence-corrected chi connectivity index (χ0v) is 23.6. The van der Waals surface area contributed by atoms with Crippen LogP contribution in [0.15, 0.2) is 78.5 Å². The Hall–Kier alpha value is -5.12. The van der Waals surface area contributed by atoms with Crippen LogP contribution in [-0.4, -0.2) is 52.6 Å². The van der Waals surface area contributed by atoms with E-state index in [4.69, 9.17) is 5.11 Å². The predicted octanol–water partition coefficient (Wildman–Crippen LogP) is 4.44. The molecule has 43 heavy (non-hydrogen) atoms. The van der Waals surface area contributed by atoms with E-state index in [1.54, 1.807) is 4.90 Å². The summed E-state index contributed by atoms with van der Waals surface area (Å²) in [5.74, 6) is -3.24. The van der Waals surface area contributed by atoms with E-state index in [2.05, 4.69) is 10.6 Å². The molecule has 3 amide bonds. The van der Waals surface area contributed by atoms with Gasteiger partial charge < -0.3 is 20.6 Å². The molecule has 1 aliphatic rings. The highest BCUT2D eigenvalue weighted by molar-refractivity contribution is 6.03. The minimum absolute atomic E-state index is 0.188. The van der Waals surface area contributed by atoms with Gasteiger partial charge in [0.1, 0.15) is 18.0 Å². The molecule has 0 radical (unpaired) electrons. The van der Waals surface area contributed by atoms with Crippen LogP contribution < -0.4 is 10.6 Å². The third kappa shape index (κ3) is 8.00. The maximum atomic E-state index is 14.1. The highest BCUT2D eigenvalue weighted by Crippen LogP contribution is 2.24. The van der Waals surface area contributed by atoms with E-state index in [0.717, 1.165) is 29.2 Å². The fourth-order valence-corrected chi connectivity index (χ4v) is 4.95. The number of likely N-dealkylation sites (tertiary alicyclic amines) is 1. The van der Waals surface area contributed by atoms with Crippen molar-refractivity contribution in [3.8, 4) is 11.1 Å². The van der Waals surface area contributed by atoms with Crippen LogP contribution in [0.3, 0.4) is 0 Å². The molecule has 3 aromatic rings. The summed E-state index contributed by atoms with van der Waals surface area (Å²) >= 11 is 0. The quantitative estimate of drug-likeness (QED) is 0.238. The summed E-state index contributed by atoms with van der Waals surface area (Å²) in [5, 5.41) is 14.1. The monoisotopic (exact) mass is 585 g/mol. The molecule has 1 fully saturated rings. The van der Waals surface area contributed by atoms with E-state index in [1.807, 2.05) is 54.6 Å². The second-order valence-electron chi connectivity index (χ2n) is 10.3. The van der Waals surface area contributed by atoms with E-state index >= 15 is 0 Å². The maximum absolute atomic E-state index is 14.1. The molecule has 3 aromatic carbocycles. The third-order valence-electron chi connectivity index (χ3n) is 7.11.